The van der Waals surface area contributed by atoms with E-state index in [0.29, 0.717) is 23.8 Å². The Balaban J connectivity index is 1.62. The lowest BCUT2D eigenvalue weighted by Crippen LogP contribution is -2.36. The fourth-order valence-electron chi connectivity index (χ4n) is 3.58. The number of aryl methyl sites for hydroxylation is 2. The molecule has 2 aromatic carbocycles. The van der Waals surface area contributed by atoms with Gasteiger partial charge in [-0.05, 0) is 61.6 Å². The van der Waals surface area contributed by atoms with E-state index in [-0.39, 0.29) is 17.7 Å². The number of non-ortho nitro benzene ring substituents is 1. The average Bonchev–Trinajstić information content (AvgIpc) is 3.44. The van der Waals surface area contributed by atoms with Crippen LogP contribution in [0.1, 0.15) is 29.5 Å². The van der Waals surface area contributed by atoms with Gasteiger partial charge in [-0.2, -0.15) is 0 Å². The highest BCUT2D eigenvalue weighted by molar-refractivity contribution is 7.22. The second-order valence-electron chi connectivity index (χ2n) is 7.64. The maximum absolute atomic E-state index is 13.2. The van der Waals surface area contributed by atoms with Crippen LogP contribution in [-0.2, 0) is 9.53 Å². The molecule has 31 heavy (non-hydrogen) atoms. The molecule has 0 saturated carbocycles. The number of carbonyl (C=O) groups is 1. The van der Waals surface area contributed by atoms with E-state index >= 15 is 0 Å². The highest BCUT2D eigenvalue weighted by atomic mass is 32.1. The molecule has 3 aromatic rings. The summed E-state index contributed by atoms with van der Waals surface area (Å²) in [6.45, 7) is 5.22. The van der Waals surface area contributed by atoms with Crippen molar-refractivity contribution in [3.05, 3.63) is 69.3 Å². The summed E-state index contributed by atoms with van der Waals surface area (Å²) in [5, 5.41) is 11.5. The van der Waals surface area contributed by atoms with Gasteiger partial charge in [0.1, 0.15) is 0 Å². The molecule has 1 amide bonds. The summed E-state index contributed by atoms with van der Waals surface area (Å²) in [5.74, 6) is -0.191. The number of ether oxygens (including phenoxy) is 1. The summed E-state index contributed by atoms with van der Waals surface area (Å²) in [7, 11) is 0. The Hall–Kier alpha value is -3.10. The third-order valence-corrected chi connectivity index (χ3v) is 6.57. The van der Waals surface area contributed by atoms with Crippen LogP contribution >= 0.6 is 11.3 Å². The van der Waals surface area contributed by atoms with Crippen LogP contribution in [0.4, 0.5) is 10.8 Å². The van der Waals surface area contributed by atoms with E-state index in [1.54, 1.807) is 23.1 Å². The van der Waals surface area contributed by atoms with Gasteiger partial charge in [-0.3, -0.25) is 19.8 Å². The van der Waals surface area contributed by atoms with E-state index in [4.69, 9.17) is 9.72 Å². The number of thiazole rings is 1. The van der Waals surface area contributed by atoms with Gasteiger partial charge in [-0.25, -0.2) is 4.98 Å². The molecule has 1 saturated heterocycles. The molecule has 0 bridgehead atoms. The van der Waals surface area contributed by atoms with Gasteiger partial charge in [0.25, 0.3) is 11.6 Å². The summed E-state index contributed by atoms with van der Waals surface area (Å²) < 4.78 is 6.85. The summed E-state index contributed by atoms with van der Waals surface area (Å²) in [6, 6.07) is 10.2. The molecule has 8 heteroatoms. The van der Waals surface area contributed by atoms with E-state index in [2.05, 4.69) is 6.07 Å². The zero-order valence-corrected chi connectivity index (χ0v) is 18.2. The Morgan fingerprint density at radius 1 is 1.26 bits per heavy atom. The van der Waals surface area contributed by atoms with E-state index in [1.807, 2.05) is 19.9 Å². The van der Waals surface area contributed by atoms with Crippen molar-refractivity contribution in [1.29, 1.82) is 0 Å². The first-order valence-electron chi connectivity index (χ1n) is 10.1. The molecule has 1 aliphatic heterocycles. The maximum atomic E-state index is 13.2. The lowest BCUT2D eigenvalue weighted by molar-refractivity contribution is -0.384. The first-order chi connectivity index (χ1) is 14.9. The SMILES string of the molecule is Cc1ccc(C)c2sc(N(CC3CCCO3)C(=O)/C=C\c3ccc([N+](=O)[O-])cc3)nc12. The number of aromatic nitrogens is 1. The predicted octanol–water partition coefficient (Wildman–Crippen LogP) is 5.05. The Morgan fingerprint density at radius 2 is 2.00 bits per heavy atom. The van der Waals surface area contributed by atoms with Gasteiger partial charge in [0.2, 0.25) is 0 Å². The van der Waals surface area contributed by atoms with Crippen molar-refractivity contribution in [3.63, 3.8) is 0 Å². The normalized spacial score (nSPS) is 16.3. The van der Waals surface area contributed by atoms with E-state index in [1.165, 1.54) is 29.5 Å². The molecule has 1 aromatic heterocycles. The first-order valence-corrected chi connectivity index (χ1v) is 11.0. The monoisotopic (exact) mass is 437 g/mol. The van der Waals surface area contributed by atoms with Crippen LogP contribution < -0.4 is 4.90 Å². The van der Waals surface area contributed by atoms with Gasteiger partial charge in [-0.15, -0.1) is 0 Å². The van der Waals surface area contributed by atoms with Crippen molar-refractivity contribution >= 4 is 44.4 Å². The van der Waals surface area contributed by atoms with Crippen LogP contribution in [0.2, 0.25) is 0 Å². The highest BCUT2D eigenvalue weighted by Gasteiger charge is 2.25. The highest BCUT2D eigenvalue weighted by Crippen LogP contribution is 2.34. The zero-order valence-electron chi connectivity index (χ0n) is 17.4. The minimum Gasteiger partial charge on any atom is -0.376 e. The number of amides is 1. The second kappa shape index (κ2) is 8.95. The van der Waals surface area contributed by atoms with Gasteiger partial charge in [0, 0.05) is 24.8 Å². The molecule has 0 radical (unpaired) electrons. The number of carbonyl (C=O) groups excluding carboxylic acids is 1. The van der Waals surface area contributed by atoms with Crippen LogP contribution in [-0.4, -0.2) is 35.1 Å². The number of hydrogen-bond donors (Lipinski definition) is 0. The van der Waals surface area contributed by atoms with Gasteiger partial charge in [0.15, 0.2) is 5.13 Å². The summed E-state index contributed by atoms with van der Waals surface area (Å²) in [5.41, 5.74) is 3.87. The standard InChI is InChI=1S/C23H23N3O4S/c1-15-5-6-16(2)22-21(15)24-23(31-22)25(14-19-4-3-13-30-19)20(27)12-9-17-7-10-18(11-8-17)26(28)29/h5-12,19H,3-4,13-14H2,1-2H3/b12-9-. The smallest absolute Gasteiger partial charge is 0.269 e. The molecular weight excluding hydrogens is 414 g/mol. The van der Waals surface area contributed by atoms with Gasteiger partial charge >= 0.3 is 0 Å². The molecule has 2 heterocycles. The molecule has 0 N–H and O–H groups in total. The minimum absolute atomic E-state index is 0.00840. The fourth-order valence-corrected chi connectivity index (χ4v) is 4.71. The first kappa shape index (κ1) is 21.1. The number of nitro groups is 1. The number of anilines is 1. The molecule has 1 fully saturated rings. The third-order valence-electron chi connectivity index (χ3n) is 5.36. The quantitative estimate of drug-likeness (QED) is 0.306. The Kier molecular flexibility index (Phi) is 6.11. The van der Waals surface area contributed by atoms with Crippen molar-refractivity contribution in [3.8, 4) is 0 Å². The number of rotatable bonds is 6. The molecule has 4 rings (SSSR count). The fraction of sp³-hybridized carbons (Fsp3) is 0.304. The molecule has 1 atom stereocenters. The zero-order chi connectivity index (χ0) is 22.0. The van der Waals surface area contributed by atoms with Crippen LogP contribution in [0.5, 0.6) is 0 Å². The molecule has 0 spiro atoms. The van der Waals surface area contributed by atoms with Crippen LogP contribution in [0, 0.1) is 24.0 Å². The predicted molar refractivity (Wildman–Crippen MR) is 123 cm³/mol. The van der Waals surface area contributed by atoms with Crippen molar-refractivity contribution in [2.45, 2.75) is 32.8 Å². The number of nitro benzene ring substituents is 1. The number of nitrogens with zero attached hydrogens (tertiary/aromatic N) is 3. The number of benzene rings is 2. The largest absolute Gasteiger partial charge is 0.376 e. The molecule has 160 valence electrons. The number of fused-ring (bicyclic) bond motifs is 1. The van der Waals surface area contributed by atoms with Gasteiger partial charge in [-0.1, -0.05) is 23.5 Å². The summed E-state index contributed by atoms with van der Waals surface area (Å²) in [6.07, 6.45) is 5.05. The lowest BCUT2D eigenvalue weighted by Gasteiger charge is -2.21. The van der Waals surface area contributed by atoms with E-state index in [0.717, 1.165) is 34.2 Å². The maximum Gasteiger partial charge on any atom is 0.269 e. The average molecular weight is 438 g/mol. The van der Waals surface area contributed by atoms with Crippen LogP contribution in [0.15, 0.2) is 42.5 Å². The summed E-state index contributed by atoms with van der Waals surface area (Å²) >= 11 is 1.51. The van der Waals surface area contributed by atoms with Crippen molar-refractivity contribution < 1.29 is 14.5 Å². The van der Waals surface area contributed by atoms with Crippen molar-refractivity contribution in [2.24, 2.45) is 0 Å². The molecular formula is C23H23N3O4S. The van der Waals surface area contributed by atoms with Crippen LogP contribution in [0.25, 0.3) is 16.3 Å². The Labute approximate surface area is 184 Å². The van der Waals surface area contributed by atoms with Crippen LogP contribution in [0.3, 0.4) is 0 Å². The molecule has 1 unspecified atom stereocenters. The lowest BCUT2D eigenvalue weighted by atomic mass is 10.1. The van der Waals surface area contributed by atoms with Crippen molar-refractivity contribution in [1.82, 2.24) is 4.98 Å². The summed E-state index contributed by atoms with van der Waals surface area (Å²) in [4.78, 5) is 30.0. The van der Waals surface area contributed by atoms with Gasteiger partial charge < -0.3 is 4.74 Å². The molecule has 1 aliphatic rings. The molecule has 7 nitrogen and oxygen atoms in total. The Bertz CT molecular complexity index is 1110. The third kappa shape index (κ3) is 4.65. The van der Waals surface area contributed by atoms with Crippen molar-refractivity contribution in [2.75, 3.05) is 18.1 Å². The van der Waals surface area contributed by atoms with E-state index in [9.17, 15) is 14.9 Å². The van der Waals surface area contributed by atoms with E-state index < -0.39 is 4.92 Å². The topological polar surface area (TPSA) is 85.6 Å². The second-order valence-corrected chi connectivity index (χ2v) is 8.62. The minimum atomic E-state index is -0.445. The molecule has 0 aliphatic carbocycles. The number of hydrogen-bond acceptors (Lipinski definition) is 6. The Morgan fingerprint density at radius 3 is 2.65 bits per heavy atom. The van der Waals surface area contributed by atoms with Gasteiger partial charge in [0.05, 0.1) is 27.8 Å².